The molecule has 1 aliphatic rings. The normalized spacial score (nSPS) is 23.1. The molecule has 3 heteroatoms. The van der Waals surface area contributed by atoms with Crippen molar-refractivity contribution >= 4 is 5.96 Å². The molecule has 0 spiro atoms. The van der Waals surface area contributed by atoms with E-state index in [9.17, 15) is 0 Å². The molecule has 0 aromatic heterocycles. The van der Waals surface area contributed by atoms with E-state index in [0.717, 1.165) is 13.0 Å². The molecule has 4 N–H and O–H groups in total. The summed E-state index contributed by atoms with van der Waals surface area (Å²) in [5, 5.41) is 0. The number of allylic oxidation sites excluding steroid dienone is 2. The van der Waals surface area contributed by atoms with Gasteiger partial charge in [-0.25, -0.2) is 0 Å². The van der Waals surface area contributed by atoms with E-state index in [1.807, 2.05) is 0 Å². The van der Waals surface area contributed by atoms with Crippen LogP contribution in [0.15, 0.2) is 17.1 Å². The minimum Gasteiger partial charge on any atom is -0.370 e. The second-order valence-electron chi connectivity index (χ2n) is 2.92. The Morgan fingerprint density at radius 2 is 2.27 bits per heavy atom. The standard InChI is InChI=1S/C8H15N3/c9-8(10)11-6-7-4-2-1-3-5-7/h1-2,7H,3-6H2,(H4,9,10,11). The highest BCUT2D eigenvalue weighted by atomic mass is 15.0. The van der Waals surface area contributed by atoms with E-state index in [0.29, 0.717) is 5.92 Å². The maximum absolute atomic E-state index is 5.22. The Morgan fingerprint density at radius 1 is 1.45 bits per heavy atom. The Kier molecular flexibility index (Phi) is 2.95. The maximum Gasteiger partial charge on any atom is 0.185 e. The molecule has 0 radical (unpaired) electrons. The highest BCUT2D eigenvalue weighted by Gasteiger charge is 2.07. The van der Waals surface area contributed by atoms with Crippen LogP contribution in [0.25, 0.3) is 0 Å². The summed E-state index contributed by atoms with van der Waals surface area (Å²) >= 11 is 0. The molecule has 3 nitrogen and oxygen atoms in total. The van der Waals surface area contributed by atoms with E-state index in [-0.39, 0.29) is 5.96 Å². The second kappa shape index (κ2) is 4.01. The summed E-state index contributed by atoms with van der Waals surface area (Å²) < 4.78 is 0. The van der Waals surface area contributed by atoms with Gasteiger partial charge in [-0.15, -0.1) is 0 Å². The number of rotatable bonds is 2. The van der Waals surface area contributed by atoms with Crippen LogP contribution in [0.2, 0.25) is 0 Å². The molecule has 0 amide bonds. The largest absolute Gasteiger partial charge is 0.370 e. The number of nitrogens with zero attached hydrogens (tertiary/aromatic N) is 1. The molecule has 62 valence electrons. The van der Waals surface area contributed by atoms with Gasteiger partial charge in [-0.3, -0.25) is 4.99 Å². The van der Waals surface area contributed by atoms with Gasteiger partial charge < -0.3 is 11.5 Å². The van der Waals surface area contributed by atoms with Gasteiger partial charge in [0.15, 0.2) is 5.96 Å². The highest BCUT2D eigenvalue weighted by Crippen LogP contribution is 2.17. The molecule has 0 aromatic rings. The second-order valence-corrected chi connectivity index (χ2v) is 2.92. The topological polar surface area (TPSA) is 64.4 Å². The van der Waals surface area contributed by atoms with Crippen molar-refractivity contribution in [2.45, 2.75) is 19.3 Å². The van der Waals surface area contributed by atoms with Gasteiger partial charge in [0.05, 0.1) is 0 Å². The Labute approximate surface area is 67.2 Å². The molecule has 0 saturated heterocycles. The molecule has 1 aliphatic carbocycles. The highest BCUT2D eigenvalue weighted by molar-refractivity contribution is 5.75. The molecule has 0 aromatic carbocycles. The first-order chi connectivity index (χ1) is 5.29. The SMILES string of the molecule is NC(N)=NCC1CC=CCC1. The van der Waals surface area contributed by atoms with E-state index < -0.39 is 0 Å². The van der Waals surface area contributed by atoms with Crippen LogP contribution in [0.3, 0.4) is 0 Å². The summed E-state index contributed by atoms with van der Waals surface area (Å²) in [5.41, 5.74) is 10.4. The Balaban J connectivity index is 2.27. The Morgan fingerprint density at radius 3 is 2.82 bits per heavy atom. The van der Waals surface area contributed by atoms with Gasteiger partial charge >= 0.3 is 0 Å². The van der Waals surface area contributed by atoms with Crippen LogP contribution >= 0.6 is 0 Å². The minimum absolute atomic E-state index is 0.208. The summed E-state index contributed by atoms with van der Waals surface area (Å²) in [7, 11) is 0. The predicted octanol–water partition coefficient (Wildman–Crippen LogP) is 0.616. The fraction of sp³-hybridized carbons (Fsp3) is 0.625. The number of aliphatic imine (C=N–C) groups is 1. The van der Waals surface area contributed by atoms with Crippen molar-refractivity contribution < 1.29 is 0 Å². The number of hydrogen-bond donors (Lipinski definition) is 2. The van der Waals surface area contributed by atoms with Crippen LogP contribution in [0.1, 0.15) is 19.3 Å². The molecule has 1 unspecified atom stereocenters. The van der Waals surface area contributed by atoms with Crippen LogP contribution in [0, 0.1) is 5.92 Å². The fourth-order valence-corrected chi connectivity index (χ4v) is 1.26. The third-order valence-corrected chi connectivity index (χ3v) is 1.91. The molecule has 1 atom stereocenters. The monoisotopic (exact) mass is 153 g/mol. The van der Waals surface area contributed by atoms with Gasteiger partial charge in [-0.2, -0.15) is 0 Å². The molecule has 0 fully saturated rings. The first kappa shape index (κ1) is 8.11. The molecule has 1 rings (SSSR count). The van der Waals surface area contributed by atoms with E-state index >= 15 is 0 Å². The van der Waals surface area contributed by atoms with Gasteiger partial charge in [-0.1, -0.05) is 12.2 Å². The molecule has 0 saturated carbocycles. The molecule has 0 aliphatic heterocycles. The molecular weight excluding hydrogens is 138 g/mol. The number of hydrogen-bond acceptors (Lipinski definition) is 1. The lowest BCUT2D eigenvalue weighted by Crippen LogP contribution is -2.24. The van der Waals surface area contributed by atoms with Gasteiger partial charge in [0.2, 0.25) is 0 Å². The first-order valence-electron chi connectivity index (χ1n) is 3.99. The van der Waals surface area contributed by atoms with Crippen molar-refractivity contribution in [2.24, 2.45) is 22.4 Å². The summed E-state index contributed by atoms with van der Waals surface area (Å²) in [6.07, 6.45) is 7.93. The first-order valence-corrected chi connectivity index (χ1v) is 3.99. The number of guanidine groups is 1. The van der Waals surface area contributed by atoms with Crippen molar-refractivity contribution in [2.75, 3.05) is 6.54 Å². The fourth-order valence-electron chi connectivity index (χ4n) is 1.26. The quantitative estimate of drug-likeness (QED) is 0.347. The third kappa shape index (κ3) is 3.07. The van der Waals surface area contributed by atoms with Crippen molar-refractivity contribution in [3.63, 3.8) is 0 Å². The molecule has 11 heavy (non-hydrogen) atoms. The average Bonchev–Trinajstić information content (AvgIpc) is 2.03. The van der Waals surface area contributed by atoms with E-state index in [1.165, 1.54) is 12.8 Å². The zero-order valence-electron chi connectivity index (χ0n) is 6.66. The molecular formula is C8H15N3. The van der Waals surface area contributed by atoms with E-state index in [4.69, 9.17) is 11.5 Å². The van der Waals surface area contributed by atoms with Gasteiger partial charge in [0, 0.05) is 6.54 Å². The van der Waals surface area contributed by atoms with Crippen LogP contribution < -0.4 is 11.5 Å². The predicted molar refractivity (Wildman–Crippen MR) is 47.2 cm³/mol. The van der Waals surface area contributed by atoms with Crippen LogP contribution in [-0.4, -0.2) is 12.5 Å². The lowest BCUT2D eigenvalue weighted by atomic mass is 9.95. The summed E-state index contributed by atoms with van der Waals surface area (Å²) in [6, 6.07) is 0. The van der Waals surface area contributed by atoms with E-state index in [1.54, 1.807) is 0 Å². The number of nitrogens with two attached hydrogens (primary N) is 2. The van der Waals surface area contributed by atoms with Crippen molar-refractivity contribution in [1.29, 1.82) is 0 Å². The van der Waals surface area contributed by atoms with Crippen LogP contribution in [0.5, 0.6) is 0 Å². The summed E-state index contributed by atoms with van der Waals surface area (Å²) in [4.78, 5) is 3.99. The van der Waals surface area contributed by atoms with Gasteiger partial charge in [0.25, 0.3) is 0 Å². The van der Waals surface area contributed by atoms with Crippen molar-refractivity contribution in [3.05, 3.63) is 12.2 Å². The zero-order chi connectivity index (χ0) is 8.10. The zero-order valence-corrected chi connectivity index (χ0v) is 6.66. The van der Waals surface area contributed by atoms with E-state index in [2.05, 4.69) is 17.1 Å². The van der Waals surface area contributed by atoms with Crippen LogP contribution in [-0.2, 0) is 0 Å². The van der Waals surface area contributed by atoms with Crippen molar-refractivity contribution in [3.8, 4) is 0 Å². The van der Waals surface area contributed by atoms with Crippen molar-refractivity contribution in [1.82, 2.24) is 0 Å². The summed E-state index contributed by atoms with van der Waals surface area (Å²) in [5.74, 6) is 0.863. The Bertz CT molecular complexity index is 168. The summed E-state index contributed by atoms with van der Waals surface area (Å²) in [6.45, 7) is 0.784. The lowest BCUT2D eigenvalue weighted by molar-refractivity contribution is 0.492. The van der Waals surface area contributed by atoms with Gasteiger partial charge in [0.1, 0.15) is 0 Å². The molecule has 0 bridgehead atoms. The lowest BCUT2D eigenvalue weighted by Gasteiger charge is -2.14. The van der Waals surface area contributed by atoms with Gasteiger partial charge in [-0.05, 0) is 25.2 Å². The third-order valence-electron chi connectivity index (χ3n) is 1.91. The minimum atomic E-state index is 0.208. The van der Waals surface area contributed by atoms with Crippen LogP contribution in [0.4, 0.5) is 0 Å². The average molecular weight is 153 g/mol. The molecule has 0 heterocycles. The Hall–Kier alpha value is -0.990. The smallest absolute Gasteiger partial charge is 0.185 e. The maximum atomic E-state index is 5.22.